The summed E-state index contributed by atoms with van der Waals surface area (Å²) in [5, 5.41) is 6.63. The predicted molar refractivity (Wildman–Crippen MR) is 137 cm³/mol. The third kappa shape index (κ3) is 4.82. The number of carbonyl (C=O) groups excluding carboxylic acids is 1. The van der Waals surface area contributed by atoms with Crippen molar-refractivity contribution in [3.63, 3.8) is 0 Å². The number of nitrogens with two attached hydrogens (primary N) is 2. The minimum atomic E-state index is -0.708. The summed E-state index contributed by atoms with van der Waals surface area (Å²) in [7, 11) is 0. The molecule has 2 unspecified atom stereocenters. The molecule has 2 aromatic carbocycles. The molecule has 6 heteroatoms. The number of amides is 1. The summed E-state index contributed by atoms with van der Waals surface area (Å²) in [6, 6.07) is 12.0. The normalized spacial score (nSPS) is 17.1. The molecule has 5 nitrogen and oxygen atoms in total. The number of benzene rings is 2. The molecule has 4 rings (SSSR count). The first-order valence-electron chi connectivity index (χ1n) is 11.5. The summed E-state index contributed by atoms with van der Waals surface area (Å²) in [4.78, 5) is 12.2. The van der Waals surface area contributed by atoms with Crippen molar-refractivity contribution in [3.05, 3.63) is 76.8 Å². The molecule has 2 atom stereocenters. The van der Waals surface area contributed by atoms with E-state index in [1.807, 2.05) is 32.9 Å². The van der Waals surface area contributed by atoms with Crippen molar-refractivity contribution < 1.29 is 4.79 Å². The Morgan fingerprint density at radius 3 is 2.75 bits per heavy atom. The van der Waals surface area contributed by atoms with E-state index in [9.17, 15) is 4.79 Å². The Labute approximate surface area is 192 Å². The number of fused-ring (bicyclic) bond motifs is 2. The highest BCUT2D eigenvalue weighted by Gasteiger charge is 2.36. The maximum Gasteiger partial charge on any atom is 0.242 e. The van der Waals surface area contributed by atoms with E-state index in [1.165, 1.54) is 16.7 Å². The third-order valence-electron chi connectivity index (χ3n) is 6.25. The molecule has 2 aliphatic heterocycles. The molecule has 2 aliphatic rings. The highest BCUT2D eigenvalue weighted by Crippen LogP contribution is 2.33. The number of nitrogens with one attached hydrogen (secondary N) is 2. The minimum Gasteiger partial charge on any atom is -0.389 e. The van der Waals surface area contributed by atoms with Crippen LogP contribution in [0.3, 0.4) is 0 Å². The molecule has 2 heterocycles. The molecule has 0 saturated carbocycles. The van der Waals surface area contributed by atoms with Gasteiger partial charge in [0.15, 0.2) is 6.71 Å². The lowest BCUT2D eigenvalue weighted by atomic mass is 9.39. The Balaban J connectivity index is 0.00000141. The highest BCUT2D eigenvalue weighted by molar-refractivity contribution is 6.68. The van der Waals surface area contributed by atoms with Crippen LogP contribution in [-0.4, -0.2) is 31.1 Å². The Morgan fingerprint density at radius 2 is 2.06 bits per heavy atom. The molecule has 0 saturated heterocycles. The van der Waals surface area contributed by atoms with E-state index < -0.39 is 6.04 Å². The lowest BCUT2D eigenvalue weighted by molar-refractivity contribution is -0.117. The number of aryl methyl sites for hydroxylation is 1. The molecule has 0 aliphatic carbocycles. The molecule has 0 bridgehead atoms. The molecule has 0 fully saturated rings. The smallest absolute Gasteiger partial charge is 0.242 e. The lowest BCUT2D eigenvalue weighted by Gasteiger charge is -2.28. The fourth-order valence-corrected chi connectivity index (χ4v) is 4.46. The number of rotatable bonds is 5. The van der Waals surface area contributed by atoms with Gasteiger partial charge in [0.25, 0.3) is 0 Å². The molecular weight excluding hydrogens is 395 g/mol. The van der Waals surface area contributed by atoms with E-state index >= 15 is 0 Å². The summed E-state index contributed by atoms with van der Waals surface area (Å²) in [6.45, 7) is 12.8. The minimum absolute atomic E-state index is 0.118. The van der Waals surface area contributed by atoms with Gasteiger partial charge in [-0.25, -0.2) is 0 Å². The van der Waals surface area contributed by atoms with Crippen molar-refractivity contribution in [1.82, 2.24) is 5.32 Å². The van der Waals surface area contributed by atoms with Crippen LogP contribution >= 0.6 is 0 Å². The van der Waals surface area contributed by atoms with Crippen LogP contribution in [0.4, 0.5) is 5.69 Å². The number of hydrogen-bond acceptors (Lipinski definition) is 4. The van der Waals surface area contributed by atoms with E-state index in [1.54, 1.807) is 0 Å². The van der Waals surface area contributed by atoms with Gasteiger partial charge in [0.1, 0.15) is 0 Å². The van der Waals surface area contributed by atoms with E-state index in [-0.39, 0.29) is 12.5 Å². The quantitative estimate of drug-likeness (QED) is 0.547. The van der Waals surface area contributed by atoms with Crippen LogP contribution in [0.25, 0.3) is 11.3 Å². The van der Waals surface area contributed by atoms with Crippen molar-refractivity contribution >= 4 is 29.6 Å². The zero-order valence-electron chi connectivity index (χ0n) is 19.7. The van der Waals surface area contributed by atoms with Gasteiger partial charge in [0, 0.05) is 23.9 Å². The van der Waals surface area contributed by atoms with Crippen molar-refractivity contribution in [1.29, 1.82) is 0 Å². The van der Waals surface area contributed by atoms with Crippen LogP contribution in [0.15, 0.2) is 49.0 Å². The molecule has 1 amide bonds. The average molecular weight is 430 g/mol. The van der Waals surface area contributed by atoms with Gasteiger partial charge in [-0.15, -0.1) is 0 Å². The van der Waals surface area contributed by atoms with Crippen molar-refractivity contribution in [2.24, 2.45) is 11.5 Å². The first-order valence-corrected chi connectivity index (χ1v) is 11.5. The van der Waals surface area contributed by atoms with Gasteiger partial charge >= 0.3 is 0 Å². The van der Waals surface area contributed by atoms with Gasteiger partial charge in [-0.1, -0.05) is 62.3 Å². The maximum absolute atomic E-state index is 12.2. The Hall–Kier alpha value is -2.83. The SMILES string of the molecule is C=C(C)c1cccc2c1CB1C=C(c3ccc(C)c(NC(=O)C(N)CN)c3)NC1C2.CC. The maximum atomic E-state index is 12.2. The average Bonchev–Trinajstić information content (AvgIpc) is 3.22. The molecule has 168 valence electrons. The van der Waals surface area contributed by atoms with E-state index in [0.29, 0.717) is 12.7 Å². The Kier molecular flexibility index (Phi) is 7.59. The second kappa shape index (κ2) is 10.2. The van der Waals surface area contributed by atoms with Crippen LogP contribution < -0.4 is 22.1 Å². The van der Waals surface area contributed by atoms with Gasteiger partial charge in [0.05, 0.1) is 6.04 Å². The summed E-state index contributed by atoms with van der Waals surface area (Å²) < 4.78 is 0. The van der Waals surface area contributed by atoms with Crippen LogP contribution in [0.1, 0.15) is 48.6 Å². The summed E-state index contributed by atoms with van der Waals surface area (Å²) >= 11 is 0. The van der Waals surface area contributed by atoms with Crippen molar-refractivity contribution in [3.8, 4) is 0 Å². The third-order valence-corrected chi connectivity index (χ3v) is 6.25. The van der Waals surface area contributed by atoms with Crippen molar-refractivity contribution in [2.45, 2.75) is 52.4 Å². The molecule has 6 N–H and O–H groups in total. The first-order chi connectivity index (χ1) is 15.4. The van der Waals surface area contributed by atoms with E-state index in [0.717, 1.165) is 40.8 Å². The monoisotopic (exact) mass is 430 g/mol. The second-order valence-electron chi connectivity index (χ2n) is 8.49. The molecular formula is C26H35BN4O. The van der Waals surface area contributed by atoms with Gasteiger partial charge < -0.3 is 22.1 Å². The van der Waals surface area contributed by atoms with Crippen LogP contribution in [0.2, 0.25) is 0 Å². The Morgan fingerprint density at radius 1 is 1.31 bits per heavy atom. The second-order valence-corrected chi connectivity index (χ2v) is 8.49. The highest BCUT2D eigenvalue weighted by atomic mass is 16.2. The van der Waals surface area contributed by atoms with Crippen LogP contribution in [0.5, 0.6) is 0 Å². The number of anilines is 1. The van der Waals surface area contributed by atoms with Gasteiger partial charge in [0.2, 0.25) is 5.91 Å². The van der Waals surface area contributed by atoms with Gasteiger partial charge in [-0.05, 0) is 60.5 Å². The fourth-order valence-electron chi connectivity index (χ4n) is 4.46. The summed E-state index contributed by atoms with van der Waals surface area (Å²) in [5.74, 6) is 2.46. The fraction of sp³-hybridized carbons (Fsp3) is 0.346. The zero-order chi connectivity index (χ0) is 23.4. The van der Waals surface area contributed by atoms with E-state index in [4.69, 9.17) is 11.5 Å². The topological polar surface area (TPSA) is 93.2 Å². The Bertz CT molecular complexity index is 1050. The standard InChI is InChI=1S/C24H29BN4O.C2H6/c1-14(2)18-6-4-5-16-10-23-25(11-19(16)18)12-22(28-23)17-8-7-15(3)21(9-17)29-24(30)20(27)13-26;1-2/h4-9,12,20,23,28H,1,10-11,13,26-27H2,2-3H3,(H,29,30);1-2H3. The molecule has 0 spiro atoms. The molecule has 0 radical (unpaired) electrons. The molecule has 2 aromatic rings. The number of carbonyl (C=O) groups is 1. The van der Waals surface area contributed by atoms with Crippen molar-refractivity contribution in [2.75, 3.05) is 11.9 Å². The summed E-state index contributed by atoms with van der Waals surface area (Å²) in [5.41, 5.74) is 20.5. The van der Waals surface area contributed by atoms with E-state index in [2.05, 4.69) is 54.4 Å². The van der Waals surface area contributed by atoms with Gasteiger partial charge in [-0.3, -0.25) is 4.79 Å². The largest absolute Gasteiger partial charge is 0.389 e. The number of hydrogen-bond donors (Lipinski definition) is 4. The van der Waals surface area contributed by atoms with Gasteiger partial charge in [-0.2, -0.15) is 0 Å². The lowest BCUT2D eigenvalue weighted by Crippen LogP contribution is -2.42. The predicted octanol–water partition coefficient (Wildman–Crippen LogP) is 3.50. The molecule has 32 heavy (non-hydrogen) atoms. The zero-order valence-corrected chi connectivity index (χ0v) is 19.7. The first kappa shape index (κ1) is 23.8. The van der Waals surface area contributed by atoms with Crippen LogP contribution in [-0.2, 0) is 17.5 Å². The summed E-state index contributed by atoms with van der Waals surface area (Å²) in [6.07, 6.45) is 2.02. The number of allylic oxidation sites excluding steroid dienone is 1. The van der Waals surface area contributed by atoms with Crippen LogP contribution in [0, 0.1) is 6.92 Å². The molecule has 0 aromatic heterocycles.